The Labute approximate surface area is 67.3 Å². The second kappa shape index (κ2) is 4.50. The Morgan fingerprint density at radius 1 is 1.55 bits per heavy atom. The maximum atomic E-state index is 10.9. The highest BCUT2D eigenvalue weighted by Crippen LogP contribution is 2.04. The number of Topliss-reactive ketones (excluding diaryl/α,β-unsaturated/α-hetero) is 1. The van der Waals surface area contributed by atoms with Gasteiger partial charge in [-0.05, 0) is 13.0 Å². The van der Waals surface area contributed by atoms with Gasteiger partial charge in [-0.15, -0.1) is 0 Å². The third-order valence-electron chi connectivity index (χ3n) is 1.29. The van der Waals surface area contributed by atoms with Crippen molar-refractivity contribution >= 4 is 5.78 Å². The Morgan fingerprint density at radius 3 is 2.36 bits per heavy atom. The lowest BCUT2D eigenvalue weighted by atomic mass is 10.1. The molecular weight excluding hydrogens is 138 g/mol. The van der Waals surface area contributed by atoms with E-state index in [0.717, 1.165) is 0 Å². The van der Waals surface area contributed by atoms with Gasteiger partial charge in [0.15, 0.2) is 5.78 Å². The summed E-state index contributed by atoms with van der Waals surface area (Å²) in [5, 5.41) is 2.80. The van der Waals surface area contributed by atoms with Crippen LogP contribution in [0.3, 0.4) is 0 Å². The van der Waals surface area contributed by atoms with Gasteiger partial charge in [0, 0.05) is 18.3 Å². The van der Waals surface area contributed by atoms with Crippen LogP contribution < -0.4 is 5.32 Å². The molecule has 0 radical (unpaired) electrons. The topological polar surface area (TPSA) is 29.1 Å². The van der Waals surface area contributed by atoms with Crippen LogP contribution in [-0.2, 0) is 4.79 Å². The largest absolute Gasteiger partial charge is 0.388 e. The molecule has 0 aromatic rings. The maximum absolute atomic E-state index is 10.9. The zero-order valence-electron chi connectivity index (χ0n) is 6.98. The molecule has 0 rings (SSSR count). The first kappa shape index (κ1) is 9.69. The van der Waals surface area contributed by atoms with Crippen molar-refractivity contribution in [3.8, 4) is 0 Å². The highest BCUT2D eigenvalue weighted by atomic mass is 16.1. The highest BCUT2D eigenvalue weighted by molar-refractivity contribution is 5.97. The van der Waals surface area contributed by atoms with Crippen LogP contribution in [0.4, 0.5) is 0 Å². The van der Waals surface area contributed by atoms with Crippen LogP contribution in [0.1, 0.15) is 6.92 Å². The summed E-state index contributed by atoms with van der Waals surface area (Å²) >= 11 is 0. The molecule has 0 unspecified atom stereocenters. The van der Waals surface area contributed by atoms with E-state index in [-0.39, 0.29) is 5.78 Å². The Bertz CT molecular complexity index is 214. The van der Waals surface area contributed by atoms with E-state index in [1.807, 2.05) is 0 Å². The smallest absolute Gasteiger partial charge is 0.161 e. The minimum absolute atomic E-state index is 0.00995. The second-order valence-corrected chi connectivity index (χ2v) is 2.10. The van der Waals surface area contributed by atoms with E-state index in [4.69, 9.17) is 0 Å². The van der Waals surface area contributed by atoms with E-state index in [2.05, 4.69) is 18.5 Å². The van der Waals surface area contributed by atoms with Crippen LogP contribution in [0.25, 0.3) is 0 Å². The summed E-state index contributed by atoms with van der Waals surface area (Å²) in [6, 6.07) is 0. The molecule has 11 heavy (non-hydrogen) atoms. The average molecular weight is 151 g/mol. The van der Waals surface area contributed by atoms with Crippen molar-refractivity contribution in [1.29, 1.82) is 0 Å². The number of hydrogen-bond donors (Lipinski definition) is 1. The first-order valence-corrected chi connectivity index (χ1v) is 3.34. The first-order valence-electron chi connectivity index (χ1n) is 3.34. The van der Waals surface area contributed by atoms with Crippen molar-refractivity contribution in [2.75, 3.05) is 7.05 Å². The quantitative estimate of drug-likeness (QED) is 0.486. The van der Waals surface area contributed by atoms with Crippen molar-refractivity contribution in [3.63, 3.8) is 0 Å². The van der Waals surface area contributed by atoms with Crippen molar-refractivity contribution in [2.24, 2.45) is 0 Å². The molecule has 0 bridgehead atoms. The van der Waals surface area contributed by atoms with E-state index in [0.29, 0.717) is 11.3 Å². The van der Waals surface area contributed by atoms with Crippen molar-refractivity contribution in [1.82, 2.24) is 5.32 Å². The Hall–Kier alpha value is -1.31. The van der Waals surface area contributed by atoms with Crippen LogP contribution in [0.2, 0.25) is 0 Å². The zero-order valence-corrected chi connectivity index (χ0v) is 6.98. The predicted octanol–water partition coefficient (Wildman–Crippen LogP) is 1.42. The SMILES string of the molecule is C=C/C=C(\C(=C)NC)C(C)=O. The standard InChI is InChI=1S/C9H13NO/c1-5-6-9(8(3)11)7(2)10-4/h5-6,10H,1-2H2,3-4H3/b9-6+. The summed E-state index contributed by atoms with van der Waals surface area (Å²) in [6.45, 7) is 8.67. The van der Waals surface area contributed by atoms with Crippen molar-refractivity contribution in [3.05, 3.63) is 36.6 Å². The van der Waals surface area contributed by atoms with Gasteiger partial charge >= 0.3 is 0 Å². The molecule has 0 heterocycles. The Kier molecular flexibility index (Phi) is 3.96. The van der Waals surface area contributed by atoms with Gasteiger partial charge in [-0.1, -0.05) is 19.2 Å². The van der Waals surface area contributed by atoms with E-state index < -0.39 is 0 Å². The summed E-state index contributed by atoms with van der Waals surface area (Å²) in [4.78, 5) is 10.9. The molecule has 0 amide bonds. The monoisotopic (exact) mass is 151 g/mol. The Balaban J connectivity index is 4.61. The van der Waals surface area contributed by atoms with E-state index in [1.165, 1.54) is 6.92 Å². The summed E-state index contributed by atoms with van der Waals surface area (Å²) in [6.07, 6.45) is 3.21. The fraction of sp³-hybridized carbons (Fsp3) is 0.222. The van der Waals surface area contributed by atoms with E-state index >= 15 is 0 Å². The Morgan fingerprint density at radius 2 is 2.09 bits per heavy atom. The van der Waals surface area contributed by atoms with Crippen LogP contribution in [-0.4, -0.2) is 12.8 Å². The van der Waals surface area contributed by atoms with Gasteiger partial charge in [0.05, 0.1) is 0 Å². The van der Waals surface area contributed by atoms with Gasteiger partial charge in [-0.25, -0.2) is 0 Å². The molecular formula is C9H13NO. The molecule has 0 fully saturated rings. The number of allylic oxidation sites excluding steroid dienone is 3. The molecule has 0 aromatic carbocycles. The molecule has 0 aliphatic carbocycles. The summed E-state index contributed by atoms with van der Waals surface area (Å²) < 4.78 is 0. The fourth-order valence-electron chi connectivity index (χ4n) is 0.683. The lowest BCUT2D eigenvalue weighted by Crippen LogP contribution is -2.11. The molecule has 0 aromatic heterocycles. The second-order valence-electron chi connectivity index (χ2n) is 2.10. The number of ketones is 1. The van der Waals surface area contributed by atoms with E-state index in [9.17, 15) is 4.79 Å². The van der Waals surface area contributed by atoms with Crippen LogP contribution in [0.5, 0.6) is 0 Å². The fourth-order valence-corrected chi connectivity index (χ4v) is 0.683. The molecule has 2 heteroatoms. The van der Waals surface area contributed by atoms with Gasteiger partial charge in [0.25, 0.3) is 0 Å². The van der Waals surface area contributed by atoms with Gasteiger partial charge in [0.2, 0.25) is 0 Å². The number of likely N-dealkylation sites (N-methyl/N-ethyl adjacent to an activating group) is 1. The summed E-state index contributed by atoms with van der Waals surface area (Å²) in [5.41, 5.74) is 1.19. The van der Waals surface area contributed by atoms with Gasteiger partial charge < -0.3 is 5.32 Å². The molecule has 0 saturated carbocycles. The lowest BCUT2D eigenvalue weighted by molar-refractivity contribution is -0.113. The van der Waals surface area contributed by atoms with Crippen LogP contribution in [0, 0.1) is 0 Å². The molecule has 0 atom stereocenters. The summed E-state index contributed by atoms with van der Waals surface area (Å²) in [7, 11) is 1.72. The van der Waals surface area contributed by atoms with Gasteiger partial charge in [-0.2, -0.15) is 0 Å². The lowest BCUT2D eigenvalue weighted by Gasteiger charge is -2.04. The third-order valence-corrected chi connectivity index (χ3v) is 1.29. The summed E-state index contributed by atoms with van der Waals surface area (Å²) in [5.74, 6) is -0.00995. The van der Waals surface area contributed by atoms with Gasteiger partial charge in [0.1, 0.15) is 0 Å². The zero-order chi connectivity index (χ0) is 8.85. The molecule has 1 N–H and O–H groups in total. The molecule has 2 nitrogen and oxygen atoms in total. The molecule has 60 valence electrons. The van der Waals surface area contributed by atoms with Crippen molar-refractivity contribution in [2.45, 2.75) is 6.92 Å². The highest BCUT2D eigenvalue weighted by Gasteiger charge is 2.04. The normalized spacial score (nSPS) is 10.5. The maximum Gasteiger partial charge on any atom is 0.161 e. The minimum Gasteiger partial charge on any atom is -0.388 e. The molecule has 0 aliphatic rings. The van der Waals surface area contributed by atoms with Gasteiger partial charge in [-0.3, -0.25) is 4.79 Å². The number of nitrogens with one attached hydrogen (secondary N) is 1. The number of carbonyl (C=O) groups excluding carboxylic acids is 1. The van der Waals surface area contributed by atoms with Crippen molar-refractivity contribution < 1.29 is 4.79 Å². The predicted molar refractivity (Wildman–Crippen MR) is 47.2 cm³/mol. The number of carbonyl (C=O) groups is 1. The number of hydrogen-bond acceptors (Lipinski definition) is 2. The van der Waals surface area contributed by atoms with Crippen LogP contribution in [0.15, 0.2) is 36.6 Å². The average Bonchev–Trinajstić information content (AvgIpc) is 1.98. The molecule has 0 spiro atoms. The minimum atomic E-state index is -0.00995. The third kappa shape index (κ3) is 2.85. The molecule has 0 saturated heterocycles. The first-order chi connectivity index (χ1) is 5.13. The van der Waals surface area contributed by atoms with E-state index in [1.54, 1.807) is 19.2 Å². The number of rotatable bonds is 4. The molecule has 0 aliphatic heterocycles. The van der Waals surface area contributed by atoms with Crippen LogP contribution >= 0.6 is 0 Å².